The second-order valence-electron chi connectivity index (χ2n) is 6.26. The average Bonchev–Trinajstić information content (AvgIpc) is 3.04. The zero-order valence-electron chi connectivity index (χ0n) is 15.6. The van der Waals surface area contributed by atoms with Crippen LogP contribution in [0.2, 0.25) is 15.1 Å². The molecule has 0 atom stereocenters. The number of nitrogens with zero attached hydrogens (tertiary/aromatic N) is 2. The first-order chi connectivity index (χ1) is 14.0. The lowest BCUT2D eigenvalue weighted by Crippen LogP contribution is -1.97. The van der Waals surface area contributed by atoms with E-state index in [1.165, 1.54) is 6.33 Å². The van der Waals surface area contributed by atoms with E-state index in [9.17, 15) is 0 Å². The number of ether oxygens (including phenoxy) is 1. The first kappa shape index (κ1) is 20.2. The summed E-state index contributed by atoms with van der Waals surface area (Å²) in [5.41, 5.74) is 2.77. The number of anilines is 2. The molecular weight excluding hydrogens is 449 g/mol. The van der Waals surface area contributed by atoms with Crippen molar-refractivity contribution in [3.8, 4) is 16.9 Å². The molecule has 0 aliphatic heterocycles. The predicted octanol–water partition coefficient (Wildman–Crippen LogP) is 7.77. The summed E-state index contributed by atoms with van der Waals surface area (Å²) in [6.07, 6.45) is 1.54. The number of benzene rings is 2. The van der Waals surface area contributed by atoms with Crippen LogP contribution in [0.4, 0.5) is 11.5 Å². The molecule has 0 unspecified atom stereocenters. The molecule has 0 spiro atoms. The second kappa shape index (κ2) is 8.36. The van der Waals surface area contributed by atoms with Crippen molar-refractivity contribution >= 4 is 67.9 Å². The minimum atomic E-state index is 0.400. The van der Waals surface area contributed by atoms with E-state index in [4.69, 9.17) is 39.5 Å². The smallest absolute Gasteiger partial charge is 0.143 e. The fraction of sp³-hybridized carbons (Fsp3) is 0.143. The van der Waals surface area contributed by atoms with E-state index in [0.29, 0.717) is 33.2 Å². The fourth-order valence-electron chi connectivity index (χ4n) is 3.12. The lowest BCUT2D eigenvalue weighted by Gasteiger charge is -2.12. The molecule has 1 N–H and O–H groups in total. The first-order valence-electron chi connectivity index (χ1n) is 8.86. The summed E-state index contributed by atoms with van der Waals surface area (Å²) in [7, 11) is 0. The van der Waals surface area contributed by atoms with Gasteiger partial charge in [0.15, 0.2) is 0 Å². The van der Waals surface area contributed by atoms with E-state index in [-0.39, 0.29) is 0 Å². The van der Waals surface area contributed by atoms with Crippen LogP contribution in [0.1, 0.15) is 11.8 Å². The lowest BCUT2D eigenvalue weighted by molar-refractivity contribution is 0.340. The summed E-state index contributed by atoms with van der Waals surface area (Å²) >= 11 is 20.2. The van der Waals surface area contributed by atoms with E-state index in [2.05, 4.69) is 22.2 Å². The van der Waals surface area contributed by atoms with Crippen LogP contribution in [0.25, 0.3) is 21.3 Å². The largest absolute Gasteiger partial charge is 0.494 e. The number of aryl methyl sites for hydroxylation is 1. The van der Waals surface area contributed by atoms with Crippen LogP contribution >= 0.6 is 46.1 Å². The molecule has 29 heavy (non-hydrogen) atoms. The second-order valence-corrected chi connectivity index (χ2v) is 8.69. The van der Waals surface area contributed by atoms with E-state index in [1.807, 2.05) is 31.2 Å². The van der Waals surface area contributed by atoms with Crippen LogP contribution in [-0.2, 0) is 0 Å². The summed E-state index contributed by atoms with van der Waals surface area (Å²) in [4.78, 5) is 11.0. The summed E-state index contributed by atoms with van der Waals surface area (Å²) in [5, 5.41) is 5.50. The molecular formula is C21H16Cl3N3OS. The minimum absolute atomic E-state index is 0.400. The molecule has 4 nitrogen and oxygen atoms in total. The fourth-order valence-corrected chi connectivity index (χ4v) is 4.72. The Hall–Kier alpha value is -2.05. The molecule has 0 aliphatic rings. The number of hydrogen-bond acceptors (Lipinski definition) is 5. The van der Waals surface area contributed by atoms with Crippen LogP contribution in [-0.4, -0.2) is 16.6 Å². The Morgan fingerprint density at radius 2 is 1.72 bits per heavy atom. The van der Waals surface area contributed by atoms with Gasteiger partial charge in [-0.15, -0.1) is 11.3 Å². The zero-order valence-corrected chi connectivity index (χ0v) is 18.7. The molecule has 0 aliphatic carbocycles. The maximum absolute atomic E-state index is 6.35. The Morgan fingerprint density at radius 3 is 2.45 bits per heavy atom. The predicted molar refractivity (Wildman–Crippen MR) is 124 cm³/mol. The van der Waals surface area contributed by atoms with Crippen molar-refractivity contribution < 1.29 is 4.74 Å². The average molecular weight is 465 g/mol. The third-order valence-electron chi connectivity index (χ3n) is 4.38. The Balaban J connectivity index is 1.83. The maximum atomic E-state index is 6.35. The van der Waals surface area contributed by atoms with Crippen LogP contribution in [0.15, 0.2) is 42.7 Å². The number of nitrogens with one attached hydrogen (secondary N) is 1. The highest BCUT2D eigenvalue weighted by molar-refractivity contribution is 7.19. The Kier molecular flexibility index (Phi) is 5.83. The number of aromatic nitrogens is 2. The van der Waals surface area contributed by atoms with Crippen molar-refractivity contribution in [2.45, 2.75) is 13.8 Å². The van der Waals surface area contributed by atoms with E-state index >= 15 is 0 Å². The Bertz CT molecular complexity index is 1190. The standard InChI is InChI=1S/C21H16Cl3N3OS/c1-3-28-13-6-4-12(5-7-13)18-11(2)29-21-19(18)20(25-10-26-21)27-17-9-15(23)14(22)8-16(17)24/h4-10H,3H2,1-2H3,(H,25,26,27). The monoisotopic (exact) mass is 463 g/mol. The van der Waals surface area contributed by atoms with Crippen LogP contribution in [0, 0.1) is 6.92 Å². The number of hydrogen-bond donors (Lipinski definition) is 1. The highest BCUT2D eigenvalue weighted by atomic mass is 35.5. The van der Waals surface area contributed by atoms with Crippen molar-refractivity contribution in [3.63, 3.8) is 0 Å². The molecule has 148 valence electrons. The molecule has 0 saturated carbocycles. The molecule has 4 rings (SSSR count). The van der Waals surface area contributed by atoms with Gasteiger partial charge in [-0.25, -0.2) is 9.97 Å². The zero-order chi connectivity index (χ0) is 20.5. The van der Waals surface area contributed by atoms with Gasteiger partial charge in [0.2, 0.25) is 0 Å². The number of halogens is 3. The molecule has 2 aromatic carbocycles. The SMILES string of the molecule is CCOc1ccc(-c2c(C)sc3ncnc(Nc4cc(Cl)c(Cl)cc4Cl)c23)cc1. The summed E-state index contributed by atoms with van der Waals surface area (Å²) in [5.74, 6) is 1.49. The Labute approximate surface area is 187 Å². The van der Waals surface area contributed by atoms with E-state index < -0.39 is 0 Å². The highest BCUT2D eigenvalue weighted by Crippen LogP contribution is 2.42. The van der Waals surface area contributed by atoms with Gasteiger partial charge in [0.05, 0.1) is 32.7 Å². The van der Waals surface area contributed by atoms with Gasteiger partial charge in [0, 0.05) is 10.4 Å². The van der Waals surface area contributed by atoms with Gasteiger partial charge >= 0.3 is 0 Å². The molecule has 0 amide bonds. The van der Waals surface area contributed by atoms with Crippen LogP contribution in [0.3, 0.4) is 0 Å². The van der Waals surface area contributed by atoms with Gasteiger partial charge in [-0.2, -0.15) is 0 Å². The molecule has 0 radical (unpaired) electrons. The number of thiophene rings is 1. The molecule has 0 bridgehead atoms. The number of rotatable bonds is 5. The summed E-state index contributed by atoms with van der Waals surface area (Å²) in [6.45, 7) is 4.67. The van der Waals surface area contributed by atoms with Crippen molar-refractivity contribution in [3.05, 3.63) is 62.7 Å². The van der Waals surface area contributed by atoms with Gasteiger partial charge in [-0.3, -0.25) is 0 Å². The van der Waals surface area contributed by atoms with Crippen molar-refractivity contribution in [2.75, 3.05) is 11.9 Å². The maximum Gasteiger partial charge on any atom is 0.143 e. The third-order valence-corrected chi connectivity index (χ3v) is 6.43. The quantitative estimate of drug-likeness (QED) is 0.306. The molecule has 0 fully saturated rings. The van der Waals surface area contributed by atoms with E-state index in [0.717, 1.165) is 32.0 Å². The summed E-state index contributed by atoms with van der Waals surface area (Å²) < 4.78 is 5.56. The van der Waals surface area contributed by atoms with Gasteiger partial charge in [0.1, 0.15) is 22.7 Å². The number of fused-ring (bicyclic) bond motifs is 1. The van der Waals surface area contributed by atoms with E-state index in [1.54, 1.807) is 23.5 Å². The molecule has 4 aromatic rings. The van der Waals surface area contributed by atoms with Crippen LogP contribution < -0.4 is 10.1 Å². The van der Waals surface area contributed by atoms with Gasteiger partial charge in [-0.1, -0.05) is 46.9 Å². The van der Waals surface area contributed by atoms with Crippen LogP contribution in [0.5, 0.6) is 5.75 Å². The van der Waals surface area contributed by atoms with Gasteiger partial charge in [0.25, 0.3) is 0 Å². The lowest BCUT2D eigenvalue weighted by atomic mass is 10.0. The van der Waals surface area contributed by atoms with Gasteiger partial charge < -0.3 is 10.1 Å². The summed E-state index contributed by atoms with van der Waals surface area (Å²) in [6, 6.07) is 11.3. The normalized spacial score (nSPS) is 11.1. The van der Waals surface area contributed by atoms with Crippen molar-refractivity contribution in [2.24, 2.45) is 0 Å². The molecule has 2 aromatic heterocycles. The molecule has 0 saturated heterocycles. The van der Waals surface area contributed by atoms with Crippen molar-refractivity contribution in [1.29, 1.82) is 0 Å². The first-order valence-corrected chi connectivity index (χ1v) is 10.8. The Morgan fingerprint density at radius 1 is 1.00 bits per heavy atom. The van der Waals surface area contributed by atoms with Crippen molar-refractivity contribution in [1.82, 2.24) is 9.97 Å². The molecule has 2 heterocycles. The minimum Gasteiger partial charge on any atom is -0.494 e. The molecule has 8 heteroatoms. The topological polar surface area (TPSA) is 47.0 Å². The van der Waals surface area contributed by atoms with Gasteiger partial charge in [-0.05, 0) is 43.7 Å². The highest BCUT2D eigenvalue weighted by Gasteiger charge is 2.18. The third kappa shape index (κ3) is 4.01.